The molecule has 0 saturated carbocycles. The van der Waals surface area contributed by atoms with Gasteiger partial charge >= 0.3 is 19.8 Å². The third kappa shape index (κ3) is 37.1. The summed E-state index contributed by atoms with van der Waals surface area (Å²) in [5.41, 5.74) is 0. The first kappa shape index (κ1) is 47.0. The molecule has 49 heavy (non-hydrogen) atoms. The maximum Gasteiger partial charge on any atom is 0.469 e. The minimum absolute atomic E-state index is 0.159. The van der Waals surface area contributed by atoms with Crippen LogP contribution in [0.25, 0.3) is 0 Å². The smallest absolute Gasteiger partial charge is 0.462 e. The molecule has 0 saturated heterocycles. The molecule has 0 rings (SSSR count). The van der Waals surface area contributed by atoms with Crippen molar-refractivity contribution in [2.45, 2.75) is 168 Å². The lowest BCUT2D eigenvalue weighted by atomic mass is 10.0. The largest absolute Gasteiger partial charge is 0.469 e. The standard InChI is InChI=1S/C39H69O9P/c1-4-5-6-7-19-24-29-36(40)30-25-20-15-12-13-16-21-26-31-38(41)46-33-37(34-47-49(43,44)45)48-39(42)32-27-22-17-11-9-8-10-14-18-23-28-35(2)3/h13,15-16,19-20,24-25,30,35-37,40H,4-12,14,17-18,21-23,26-29,31-34H2,1-3H3,(H2,43,44,45)/b16-13-,20-15-,24-19-,30-25+/t36-,37-/m1/s1. The fraction of sp³-hybridized carbons (Fsp3) is 0.744. The Labute approximate surface area is 297 Å². The molecule has 3 N–H and O–H groups in total. The van der Waals surface area contributed by atoms with Crippen LogP contribution in [0.3, 0.4) is 0 Å². The highest BCUT2D eigenvalue weighted by atomic mass is 31.2. The highest BCUT2D eigenvalue weighted by molar-refractivity contribution is 7.46. The Kier molecular flexibility index (Phi) is 31.8. The fourth-order valence-corrected chi connectivity index (χ4v) is 5.35. The normalized spacial score (nSPS) is 13.8. The van der Waals surface area contributed by atoms with Crippen molar-refractivity contribution in [3.8, 4) is 0 Å². The van der Waals surface area contributed by atoms with E-state index in [-0.39, 0.29) is 19.4 Å². The zero-order chi connectivity index (χ0) is 36.4. The number of rotatable bonds is 33. The van der Waals surface area contributed by atoms with E-state index >= 15 is 0 Å². The van der Waals surface area contributed by atoms with Crippen LogP contribution in [0, 0.1) is 5.92 Å². The first-order valence-corrected chi connectivity index (χ1v) is 20.4. The second-order valence-electron chi connectivity index (χ2n) is 13.2. The van der Waals surface area contributed by atoms with Gasteiger partial charge in [0.2, 0.25) is 0 Å². The highest BCUT2D eigenvalue weighted by Gasteiger charge is 2.22. The van der Waals surface area contributed by atoms with E-state index in [1.165, 1.54) is 64.2 Å². The van der Waals surface area contributed by atoms with Crippen molar-refractivity contribution in [3.05, 3.63) is 48.6 Å². The van der Waals surface area contributed by atoms with Crippen molar-refractivity contribution in [1.29, 1.82) is 0 Å². The first-order valence-electron chi connectivity index (χ1n) is 18.9. The third-order valence-electron chi connectivity index (χ3n) is 7.86. The Balaban J connectivity index is 4.15. The van der Waals surface area contributed by atoms with Gasteiger partial charge in [-0.05, 0) is 50.9 Å². The predicted octanol–water partition coefficient (Wildman–Crippen LogP) is 10.0. The molecule has 10 heteroatoms. The Morgan fingerprint density at radius 2 is 1.31 bits per heavy atom. The molecule has 0 aromatic heterocycles. The van der Waals surface area contributed by atoms with E-state index in [0.717, 1.165) is 38.0 Å². The lowest BCUT2D eigenvalue weighted by Gasteiger charge is -2.18. The molecule has 0 aliphatic heterocycles. The summed E-state index contributed by atoms with van der Waals surface area (Å²) in [7, 11) is -4.77. The minimum atomic E-state index is -4.77. The first-order chi connectivity index (χ1) is 23.5. The maximum absolute atomic E-state index is 12.3. The molecule has 0 aromatic rings. The van der Waals surface area contributed by atoms with Gasteiger partial charge in [-0.25, -0.2) is 4.57 Å². The van der Waals surface area contributed by atoms with Crippen molar-refractivity contribution in [2.24, 2.45) is 5.92 Å². The Morgan fingerprint density at radius 3 is 1.96 bits per heavy atom. The maximum atomic E-state index is 12.3. The number of carbonyl (C=O) groups is 2. The zero-order valence-electron chi connectivity index (χ0n) is 30.9. The quantitative estimate of drug-likeness (QED) is 0.0199. The third-order valence-corrected chi connectivity index (χ3v) is 8.34. The Bertz CT molecular complexity index is 968. The summed E-state index contributed by atoms with van der Waals surface area (Å²) in [4.78, 5) is 42.7. The van der Waals surface area contributed by atoms with Gasteiger partial charge in [-0.2, -0.15) is 0 Å². The number of hydrogen-bond acceptors (Lipinski definition) is 7. The van der Waals surface area contributed by atoms with E-state index in [9.17, 15) is 19.3 Å². The summed E-state index contributed by atoms with van der Waals surface area (Å²) in [6.45, 7) is 5.82. The van der Waals surface area contributed by atoms with Crippen molar-refractivity contribution >= 4 is 19.8 Å². The summed E-state index contributed by atoms with van der Waals surface area (Å²) in [5.74, 6) is -0.204. The Morgan fingerprint density at radius 1 is 0.694 bits per heavy atom. The van der Waals surface area contributed by atoms with Gasteiger partial charge in [0.05, 0.1) is 12.7 Å². The number of phosphoric acid groups is 1. The van der Waals surface area contributed by atoms with Crippen LogP contribution >= 0.6 is 7.82 Å². The van der Waals surface area contributed by atoms with Crippen LogP contribution in [-0.2, 0) is 28.2 Å². The Hall–Kier alpha value is -2.03. The molecule has 0 heterocycles. The molecule has 284 valence electrons. The van der Waals surface area contributed by atoms with E-state index in [1.807, 2.05) is 36.5 Å². The summed E-state index contributed by atoms with van der Waals surface area (Å²) in [6.07, 6.45) is 34.5. The molecule has 0 amide bonds. The number of carbonyl (C=O) groups excluding carboxylic acids is 2. The SMILES string of the molecule is CCCCC/C=C\C[C@@H](O)/C=C/C=C\C/C=C\CCCC(=O)OC[C@H](COP(=O)(O)O)OC(=O)CCCCCCCCCCCCC(C)C. The van der Waals surface area contributed by atoms with Gasteiger partial charge in [-0.15, -0.1) is 0 Å². The number of phosphoric ester groups is 1. The molecule has 9 nitrogen and oxygen atoms in total. The van der Waals surface area contributed by atoms with Crippen molar-refractivity contribution < 1.29 is 43.0 Å². The van der Waals surface area contributed by atoms with Gasteiger partial charge in [0.1, 0.15) is 6.61 Å². The van der Waals surface area contributed by atoms with E-state index < -0.39 is 38.6 Å². The zero-order valence-corrected chi connectivity index (χ0v) is 31.7. The molecule has 0 aliphatic carbocycles. The summed E-state index contributed by atoms with van der Waals surface area (Å²) in [5, 5.41) is 9.98. The van der Waals surface area contributed by atoms with Gasteiger partial charge in [-0.1, -0.05) is 146 Å². The number of aliphatic hydroxyl groups excluding tert-OH is 1. The van der Waals surface area contributed by atoms with Crippen LogP contribution in [-0.4, -0.2) is 52.3 Å². The van der Waals surface area contributed by atoms with Crippen molar-refractivity contribution in [3.63, 3.8) is 0 Å². The van der Waals surface area contributed by atoms with Crippen LogP contribution in [0.2, 0.25) is 0 Å². The molecule has 0 bridgehead atoms. The number of aliphatic hydroxyl groups is 1. The summed E-state index contributed by atoms with van der Waals surface area (Å²) >= 11 is 0. The van der Waals surface area contributed by atoms with Crippen molar-refractivity contribution in [2.75, 3.05) is 13.2 Å². The fourth-order valence-electron chi connectivity index (χ4n) is 4.99. The van der Waals surface area contributed by atoms with Crippen LogP contribution in [0.5, 0.6) is 0 Å². The molecular formula is C39H69O9P. The van der Waals surface area contributed by atoms with Gasteiger partial charge in [0.25, 0.3) is 0 Å². The van der Waals surface area contributed by atoms with E-state index in [0.29, 0.717) is 25.7 Å². The number of esters is 2. The molecule has 2 atom stereocenters. The monoisotopic (exact) mass is 712 g/mol. The van der Waals surface area contributed by atoms with E-state index in [1.54, 1.807) is 6.08 Å². The average Bonchev–Trinajstić information content (AvgIpc) is 3.04. The second-order valence-corrected chi connectivity index (χ2v) is 14.5. The van der Waals surface area contributed by atoms with Crippen LogP contribution in [0.15, 0.2) is 48.6 Å². The van der Waals surface area contributed by atoms with Gasteiger partial charge in [0.15, 0.2) is 6.10 Å². The highest BCUT2D eigenvalue weighted by Crippen LogP contribution is 2.36. The predicted molar refractivity (Wildman–Crippen MR) is 199 cm³/mol. The molecule has 0 fully saturated rings. The summed E-state index contributed by atoms with van der Waals surface area (Å²) in [6, 6.07) is 0. The van der Waals surface area contributed by atoms with E-state index in [4.69, 9.17) is 19.3 Å². The van der Waals surface area contributed by atoms with Crippen LogP contribution in [0.4, 0.5) is 0 Å². The lowest BCUT2D eigenvalue weighted by molar-refractivity contribution is -0.161. The van der Waals surface area contributed by atoms with Gasteiger partial charge in [-0.3, -0.25) is 14.1 Å². The van der Waals surface area contributed by atoms with Crippen LogP contribution < -0.4 is 0 Å². The van der Waals surface area contributed by atoms with E-state index in [2.05, 4.69) is 31.4 Å². The molecular weight excluding hydrogens is 643 g/mol. The lowest BCUT2D eigenvalue weighted by Crippen LogP contribution is -2.29. The second kappa shape index (κ2) is 33.1. The average molecular weight is 713 g/mol. The minimum Gasteiger partial charge on any atom is -0.462 e. The van der Waals surface area contributed by atoms with Crippen molar-refractivity contribution in [1.82, 2.24) is 0 Å². The number of ether oxygens (including phenoxy) is 2. The molecule has 0 radical (unpaired) electrons. The molecule has 0 spiro atoms. The topological polar surface area (TPSA) is 140 Å². The summed E-state index contributed by atoms with van der Waals surface area (Å²) < 4.78 is 26.2. The van der Waals surface area contributed by atoms with Gasteiger partial charge in [0, 0.05) is 12.8 Å². The molecule has 0 aromatic carbocycles. The van der Waals surface area contributed by atoms with Crippen LogP contribution in [0.1, 0.15) is 156 Å². The number of allylic oxidation sites excluding steroid dienone is 6. The number of unbranched alkanes of at least 4 members (excludes halogenated alkanes) is 13. The number of hydrogen-bond donors (Lipinski definition) is 3. The molecule has 0 aliphatic rings. The molecule has 0 unspecified atom stereocenters. The van der Waals surface area contributed by atoms with Gasteiger partial charge < -0.3 is 24.4 Å².